The molecule has 0 saturated carbocycles. The maximum atomic E-state index is 13.3. The third kappa shape index (κ3) is 2.01. The van der Waals surface area contributed by atoms with Crippen molar-refractivity contribution < 1.29 is 9.90 Å². The number of nitrogens with zero attached hydrogens (tertiary/aromatic N) is 2. The second-order valence-corrected chi connectivity index (χ2v) is 7.49. The summed E-state index contributed by atoms with van der Waals surface area (Å²) in [6.07, 6.45) is 4.33. The molecule has 1 unspecified atom stereocenters. The van der Waals surface area contributed by atoms with Crippen molar-refractivity contribution in [2.24, 2.45) is 11.8 Å². The molecule has 4 aliphatic heterocycles. The van der Waals surface area contributed by atoms with E-state index < -0.39 is 0 Å². The standard InChI is InChI=1S/C19H23N3O2/c23-11-14-2-1-13-9-20-17(16-10-21-6-3-12(16)4-7-21)19(24)22-8-5-15(14)18(13)22/h1-2,5,8,12,16-17,20,23H,3-4,6-7,9-11H2/t16?,17-/m0/s1. The van der Waals surface area contributed by atoms with Crippen LogP contribution in [-0.2, 0) is 13.2 Å². The third-order valence-electron chi connectivity index (χ3n) is 6.34. The molecule has 5 nitrogen and oxygen atoms in total. The zero-order valence-electron chi connectivity index (χ0n) is 13.7. The van der Waals surface area contributed by atoms with Gasteiger partial charge in [-0.2, -0.15) is 0 Å². The Balaban J connectivity index is 1.57. The van der Waals surface area contributed by atoms with Crippen molar-refractivity contribution >= 4 is 16.8 Å². The maximum Gasteiger partial charge on any atom is 0.248 e. The highest BCUT2D eigenvalue weighted by Gasteiger charge is 2.42. The predicted molar refractivity (Wildman–Crippen MR) is 91.8 cm³/mol. The number of piperidine rings is 3. The average molecular weight is 325 g/mol. The van der Waals surface area contributed by atoms with Gasteiger partial charge in [0.05, 0.1) is 18.2 Å². The summed E-state index contributed by atoms with van der Waals surface area (Å²) >= 11 is 0. The van der Waals surface area contributed by atoms with E-state index in [4.69, 9.17) is 0 Å². The molecular formula is C19H23N3O2. The molecule has 5 heterocycles. The summed E-state index contributed by atoms with van der Waals surface area (Å²) in [7, 11) is 0. The SMILES string of the molecule is O=C1[C@H](C2CN3CCC2CC3)NCc2ccc(CO)c3ccn1c23. The molecule has 3 fully saturated rings. The van der Waals surface area contributed by atoms with E-state index in [1.807, 2.05) is 29.0 Å². The maximum absolute atomic E-state index is 13.3. The van der Waals surface area contributed by atoms with E-state index in [0.717, 1.165) is 28.6 Å². The summed E-state index contributed by atoms with van der Waals surface area (Å²) in [5.41, 5.74) is 3.01. The number of aliphatic hydroxyl groups excluding tert-OH is 1. The highest BCUT2D eigenvalue weighted by molar-refractivity contribution is 5.98. The van der Waals surface area contributed by atoms with Gasteiger partial charge in [0.25, 0.3) is 0 Å². The van der Waals surface area contributed by atoms with Gasteiger partial charge in [-0.05, 0) is 55.0 Å². The van der Waals surface area contributed by atoms with Crippen molar-refractivity contribution in [3.8, 4) is 0 Å². The Hall–Kier alpha value is -1.69. The van der Waals surface area contributed by atoms with Crippen LogP contribution >= 0.6 is 0 Å². The first-order chi connectivity index (χ1) is 11.8. The zero-order valence-corrected chi connectivity index (χ0v) is 13.7. The summed E-state index contributed by atoms with van der Waals surface area (Å²) in [4.78, 5) is 15.8. The normalized spacial score (nSPS) is 32.3. The first-order valence-corrected chi connectivity index (χ1v) is 8.99. The van der Waals surface area contributed by atoms with Gasteiger partial charge in [0.1, 0.15) is 0 Å². The molecule has 4 aliphatic rings. The summed E-state index contributed by atoms with van der Waals surface area (Å²) in [5, 5.41) is 14.1. The molecule has 2 aromatic rings. The Morgan fingerprint density at radius 3 is 2.75 bits per heavy atom. The van der Waals surface area contributed by atoms with E-state index >= 15 is 0 Å². The van der Waals surface area contributed by atoms with Gasteiger partial charge in [-0.15, -0.1) is 0 Å². The van der Waals surface area contributed by atoms with Crippen LogP contribution in [-0.4, -0.2) is 46.2 Å². The highest BCUT2D eigenvalue weighted by Crippen LogP contribution is 2.36. The van der Waals surface area contributed by atoms with Crippen LogP contribution in [0.1, 0.15) is 28.8 Å². The highest BCUT2D eigenvalue weighted by atomic mass is 16.3. The molecule has 0 spiro atoms. The lowest BCUT2D eigenvalue weighted by Gasteiger charge is -2.47. The monoisotopic (exact) mass is 325 g/mol. The molecule has 3 saturated heterocycles. The van der Waals surface area contributed by atoms with Crippen LogP contribution in [0, 0.1) is 11.8 Å². The molecule has 5 heteroatoms. The number of rotatable bonds is 2. The van der Waals surface area contributed by atoms with Crippen molar-refractivity contribution in [1.82, 2.24) is 14.8 Å². The first kappa shape index (κ1) is 14.6. The minimum absolute atomic E-state index is 0.00546. The number of hydrogen-bond donors (Lipinski definition) is 2. The number of fused-ring (bicyclic) bond motifs is 3. The molecule has 2 N–H and O–H groups in total. The van der Waals surface area contributed by atoms with Gasteiger partial charge < -0.3 is 15.3 Å². The largest absolute Gasteiger partial charge is 0.392 e. The lowest BCUT2D eigenvalue weighted by molar-refractivity contribution is 0.0266. The van der Waals surface area contributed by atoms with E-state index in [1.165, 1.54) is 25.9 Å². The summed E-state index contributed by atoms with van der Waals surface area (Å²) in [5.74, 6) is 1.23. The fourth-order valence-corrected chi connectivity index (χ4v) is 5.03. The lowest BCUT2D eigenvalue weighted by Crippen LogP contribution is -2.57. The summed E-state index contributed by atoms with van der Waals surface area (Å²) in [6.45, 7) is 4.14. The number of aromatic nitrogens is 1. The third-order valence-corrected chi connectivity index (χ3v) is 6.34. The molecule has 0 aliphatic carbocycles. The zero-order chi connectivity index (χ0) is 16.3. The van der Waals surface area contributed by atoms with Crippen LogP contribution < -0.4 is 5.32 Å². The van der Waals surface area contributed by atoms with Crippen molar-refractivity contribution in [1.29, 1.82) is 0 Å². The van der Waals surface area contributed by atoms with Gasteiger partial charge in [-0.1, -0.05) is 12.1 Å². The van der Waals surface area contributed by atoms with Gasteiger partial charge in [-0.25, -0.2) is 0 Å². The molecule has 126 valence electrons. The van der Waals surface area contributed by atoms with E-state index in [-0.39, 0.29) is 18.6 Å². The number of nitrogens with one attached hydrogen (secondary N) is 1. The van der Waals surface area contributed by atoms with Crippen LogP contribution in [0.4, 0.5) is 0 Å². The molecule has 2 bridgehead atoms. The first-order valence-electron chi connectivity index (χ1n) is 8.99. The smallest absolute Gasteiger partial charge is 0.248 e. The van der Waals surface area contributed by atoms with Crippen molar-refractivity contribution in [2.75, 3.05) is 19.6 Å². The predicted octanol–water partition coefficient (Wildman–Crippen LogP) is 1.59. The van der Waals surface area contributed by atoms with Crippen LogP contribution in [0.3, 0.4) is 0 Å². The summed E-state index contributed by atoms with van der Waals surface area (Å²) < 4.78 is 1.83. The van der Waals surface area contributed by atoms with Gasteiger partial charge >= 0.3 is 0 Å². The topological polar surface area (TPSA) is 57.5 Å². The Kier molecular flexibility index (Phi) is 3.30. The van der Waals surface area contributed by atoms with Crippen molar-refractivity contribution in [3.63, 3.8) is 0 Å². The minimum Gasteiger partial charge on any atom is -0.392 e. The molecule has 1 aromatic heterocycles. The van der Waals surface area contributed by atoms with E-state index in [2.05, 4.69) is 10.2 Å². The fourth-order valence-electron chi connectivity index (χ4n) is 5.03. The van der Waals surface area contributed by atoms with Crippen LogP contribution in [0.25, 0.3) is 10.9 Å². The molecular weight excluding hydrogens is 302 g/mol. The van der Waals surface area contributed by atoms with Crippen LogP contribution in [0.2, 0.25) is 0 Å². The van der Waals surface area contributed by atoms with Gasteiger partial charge in [0.15, 0.2) is 0 Å². The van der Waals surface area contributed by atoms with Crippen LogP contribution in [0.15, 0.2) is 24.4 Å². The number of benzene rings is 1. The quantitative estimate of drug-likeness (QED) is 0.880. The van der Waals surface area contributed by atoms with Gasteiger partial charge in [0, 0.05) is 24.7 Å². The molecule has 1 aromatic carbocycles. The Bertz CT molecular complexity index is 804. The van der Waals surface area contributed by atoms with E-state index in [0.29, 0.717) is 18.4 Å². The lowest BCUT2D eigenvalue weighted by atomic mass is 9.75. The molecule has 0 amide bonds. The number of carbonyl (C=O) groups excluding carboxylic acids is 1. The number of carbonyl (C=O) groups is 1. The Labute approximate surface area is 141 Å². The Morgan fingerprint density at radius 2 is 2.04 bits per heavy atom. The number of aliphatic hydroxyl groups is 1. The van der Waals surface area contributed by atoms with Gasteiger partial charge in [-0.3, -0.25) is 9.36 Å². The van der Waals surface area contributed by atoms with E-state index in [1.54, 1.807) is 0 Å². The number of hydrogen-bond acceptors (Lipinski definition) is 4. The van der Waals surface area contributed by atoms with Gasteiger partial charge in [0.2, 0.25) is 5.91 Å². The van der Waals surface area contributed by atoms with Crippen LogP contribution in [0.5, 0.6) is 0 Å². The van der Waals surface area contributed by atoms with E-state index in [9.17, 15) is 9.90 Å². The summed E-state index contributed by atoms with van der Waals surface area (Å²) in [6, 6.07) is 5.88. The fraction of sp³-hybridized carbons (Fsp3) is 0.526. The van der Waals surface area contributed by atoms with Crippen molar-refractivity contribution in [3.05, 3.63) is 35.5 Å². The molecule has 2 atom stereocenters. The molecule has 24 heavy (non-hydrogen) atoms. The second-order valence-electron chi connectivity index (χ2n) is 7.49. The molecule has 6 rings (SSSR count). The average Bonchev–Trinajstić information content (AvgIpc) is 3.02. The minimum atomic E-state index is -0.112. The van der Waals surface area contributed by atoms with Crippen molar-refractivity contribution in [2.45, 2.75) is 32.0 Å². The Morgan fingerprint density at radius 1 is 1.21 bits per heavy atom. The molecule has 0 radical (unpaired) electrons. The second kappa shape index (κ2) is 5.41.